The third-order valence-corrected chi connectivity index (χ3v) is 3.88. The molecular formula is C16H29N3. The highest BCUT2D eigenvalue weighted by Crippen LogP contribution is 2.34. The highest BCUT2D eigenvalue weighted by atomic mass is 15.2. The average molecular weight is 263 g/mol. The van der Waals surface area contributed by atoms with Crippen LogP contribution in [0.15, 0.2) is 18.3 Å². The van der Waals surface area contributed by atoms with Gasteiger partial charge in [0.2, 0.25) is 0 Å². The van der Waals surface area contributed by atoms with E-state index in [1.807, 2.05) is 13.2 Å². The molecule has 0 saturated carbocycles. The van der Waals surface area contributed by atoms with E-state index in [4.69, 9.17) is 0 Å². The Hall–Kier alpha value is -1.09. The molecule has 3 nitrogen and oxygen atoms in total. The number of nitrogens with one attached hydrogen (secondary N) is 1. The molecule has 0 aliphatic rings. The molecule has 0 bridgehead atoms. The number of hydrogen-bond donors (Lipinski definition) is 1. The molecule has 0 saturated heterocycles. The summed E-state index contributed by atoms with van der Waals surface area (Å²) >= 11 is 0. The van der Waals surface area contributed by atoms with Crippen molar-refractivity contribution in [3.8, 4) is 0 Å². The van der Waals surface area contributed by atoms with Gasteiger partial charge in [0.15, 0.2) is 0 Å². The summed E-state index contributed by atoms with van der Waals surface area (Å²) in [6.45, 7) is 11.2. The van der Waals surface area contributed by atoms with Gasteiger partial charge in [-0.05, 0) is 43.0 Å². The first-order chi connectivity index (χ1) is 8.86. The van der Waals surface area contributed by atoms with Gasteiger partial charge < -0.3 is 10.2 Å². The van der Waals surface area contributed by atoms with Crippen LogP contribution in [0.25, 0.3) is 0 Å². The molecule has 0 fully saturated rings. The average Bonchev–Trinajstić information content (AvgIpc) is 2.37. The molecule has 1 heterocycles. The molecule has 1 rings (SSSR count). The Morgan fingerprint density at radius 2 is 2.00 bits per heavy atom. The van der Waals surface area contributed by atoms with Gasteiger partial charge in [-0.3, -0.25) is 0 Å². The molecule has 3 heteroatoms. The molecule has 0 unspecified atom stereocenters. The minimum Gasteiger partial charge on any atom is -0.360 e. The standard InChI is InChI=1S/C16H29N3/c1-13(16(2,3)4)14-8-9-15(18-12-14)19(6)11-7-10-17-5/h8-9,12-13,17H,7,10-11H2,1-6H3/t13-/m1/s1. The first-order valence-electron chi connectivity index (χ1n) is 7.18. The van der Waals surface area contributed by atoms with Crippen LogP contribution in [-0.4, -0.2) is 32.2 Å². The molecule has 0 radical (unpaired) electrons. The first kappa shape index (κ1) is 16.0. The molecule has 1 N–H and O–H groups in total. The van der Waals surface area contributed by atoms with Gasteiger partial charge in [-0.2, -0.15) is 0 Å². The second kappa shape index (κ2) is 6.90. The molecule has 0 spiro atoms. The Morgan fingerprint density at radius 1 is 1.32 bits per heavy atom. The minimum absolute atomic E-state index is 0.280. The highest BCUT2D eigenvalue weighted by molar-refractivity contribution is 5.39. The van der Waals surface area contributed by atoms with Crippen LogP contribution in [0.1, 0.15) is 45.6 Å². The van der Waals surface area contributed by atoms with Crippen LogP contribution >= 0.6 is 0 Å². The molecule has 1 aromatic heterocycles. The van der Waals surface area contributed by atoms with Crippen LogP contribution in [-0.2, 0) is 0 Å². The molecule has 0 amide bonds. The lowest BCUT2D eigenvalue weighted by atomic mass is 9.78. The van der Waals surface area contributed by atoms with Crippen molar-refractivity contribution in [2.45, 2.75) is 40.0 Å². The number of pyridine rings is 1. The Bertz CT molecular complexity index is 365. The Labute approximate surface area is 118 Å². The van der Waals surface area contributed by atoms with Crippen molar-refractivity contribution in [3.63, 3.8) is 0 Å². The second-order valence-electron chi connectivity index (χ2n) is 6.42. The van der Waals surface area contributed by atoms with Gasteiger partial charge in [-0.15, -0.1) is 0 Å². The van der Waals surface area contributed by atoms with Crippen LogP contribution < -0.4 is 10.2 Å². The van der Waals surface area contributed by atoms with E-state index in [-0.39, 0.29) is 5.41 Å². The summed E-state index contributed by atoms with van der Waals surface area (Å²) in [5.41, 5.74) is 1.60. The maximum Gasteiger partial charge on any atom is 0.128 e. The zero-order valence-electron chi connectivity index (χ0n) is 13.3. The number of anilines is 1. The van der Waals surface area contributed by atoms with Crippen molar-refractivity contribution in [2.75, 3.05) is 32.1 Å². The lowest BCUT2D eigenvalue weighted by molar-refractivity contribution is 0.339. The summed E-state index contributed by atoms with van der Waals surface area (Å²) < 4.78 is 0. The summed E-state index contributed by atoms with van der Waals surface area (Å²) in [6.07, 6.45) is 3.16. The third-order valence-electron chi connectivity index (χ3n) is 3.88. The largest absolute Gasteiger partial charge is 0.360 e. The van der Waals surface area contributed by atoms with Crippen molar-refractivity contribution >= 4 is 5.82 Å². The Morgan fingerprint density at radius 3 is 2.47 bits per heavy atom. The van der Waals surface area contributed by atoms with E-state index in [9.17, 15) is 0 Å². The summed E-state index contributed by atoms with van der Waals surface area (Å²) in [5, 5.41) is 3.17. The third kappa shape index (κ3) is 4.83. The van der Waals surface area contributed by atoms with Crippen LogP contribution in [0.5, 0.6) is 0 Å². The van der Waals surface area contributed by atoms with Gasteiger partial charge in [0.25, 0.3) is 0 Å². The van der Waals surface area contributed by atoms with E-state index < -0.39 is 0 Å². The molecule has 0 aliphatic heterocycles. The predicted molar refractivity (Wildman–Crippen MR) is 83.9 cm³/mol. The molecule has 0 aliphatic carbocycles. The van der Waals surface area contributed by atoms with Crippen LogP contribution in [0.2, 0.25) is 0 Å². The van der Waals surface area contributed by atoms with E-state index in [1.54, 1.807) is 0 Å². The summed E-state index contributed by atoms with van der Waals surface area (Å²) in [7, 11) is 4.09. The number of hydrogen-bond acceptors (Lipinski definition) is 3. The summed E-state index contributed by atoms with van der Waals surface area (Å²) in [6, 6.07) is 4.35. The number of rotatable bonds is 6. The molecule has 1 atom stereocenters. The van der Waals surface area contributed by atoms with Gasteiger partial charge in [0.05, 0.1) is 0 Å². The van der Waals surface area contributed by atoms with E-state index in [0.29, 0.717) is 5.92 Å². The summed E-state index contributed by atoms with van der Waals surface area (Å²) in [4.78, 5) is 6.81. The maximum atomic E-state index is 4.60. The molecule has 19 heavy (non-hydrogen) atoms. The van der Waals surface area contributed by atoms with Gasteiger partial charge >= 0.3 is 0 Å². The molecular weight excluding hydrogens is 234 g/mol. The monoisotopic (exact) mass is 263 g/mol. The van der Waals surface area contributed by atoms with Crippen LogP contribution in [0.3, 0.4) is 0 Å². The molecule has 108 valence electrons. The predicted octanol–water partition coefficient (Wildman–Crippen LogP) is 3.28. The van der Waals surface area contributed by atoms with Crippen molar-refractivity contribution in [2.24, 2.45) is 5.41 Å². The van der Waals surface area contributed by atoms with E-state index in [1.165, 1.54) is 5.56 Å². The number of aromatic nitrogens is 1. The lowest BCUT2D eigenvalue weighted by Gasteiger charge is -2.28. The van der Waals surface area contributed by atoms with E-state index in [2.05, 4.69) is 62.1 Å². The fraction of sp³-hybridized carbons (Fsp3) is 0.688. The zero-order chi connectivity index (χ0) is 14.5. The van der Waals surface area contributed by atoms with Crippen LogP contribution in [0.4, 0.5) is 5.82 Å². The van der Waals surface area contributed by atoms with E-state index in [0.717, 1.165) is 25.3 Å². The number of nitrogens with zero attached hydrogens (tertiary/aromatic N) is 2. The van der Waals surface area contributed by atoms with Gasteiger partial charge in [0.1, 0.15) is 5.82 Å². The van der Waals surface area contributed by atoms with Crippen molar-refractivity contribution in [1.29, 1.82) is 0 Å². The van der Waals surface area contributed by atoms with E-state index >= 15 is 0 Å². The van der Waals surface area contributed by atoms with Crippen LogP contribution in [0, 0.1) is 5.41 Å². The van der Waals surface area contributed by atoms with Crippen molar-refractivity contribution in [3.05, 3.63) is 23.9 Å². The van der Waals surface area contributed by atoms with Crippen molar-refractivity contribution < 1.29 is 0 Å². The Kier molecular flexibility index (Phi) is 5.80. The zero-order valence-corrected chi connectivity index (χ0v) is 13.3. The SMILES string of the molecule is CNCCCN(C)c1ccc([C@@H](C)C(C)(C)C)cn1. The smallest absolute Gasteiger partial charge is 0.128 e. The molecule has 1 aromatic rings. The molecule has 0 aromatic carbocycles. The first-order valence-corrected chi connectivity index (χ1v) is 7.18. The van der Waals surface area contributed by atoms with Gasteiger partial charge in [0, 0.05) is 19.8 Å². The van der Waals surface area contributed by atoms with Gasteiger partial charge in [-0.25, -0.2) is 4.98 Å². The maximum absolute atomic E-state index is 4.60. The fourth-order valence-corrected chi connectivity index (χ4v) is 1.99. The lowest BCUT2D eigenvalue weighted by Crippen LogP contribution is -2.23. The van der Waals surface area contributed by atoms with Gasteiger partial charge in [-0.1, -0.05) is 33.8 Å². The highest BCUT2D eigenvalue weighted by Gasteiger charge is 2.21. The van der Waals surface area contributed by atoms with Crippen molar-refractivity contribution in [1.82, 2.24) is 10.3 Å². The summed E-state index contributed by atoms with van der Waals surface area (Å²) in [5.74, 6) is 1.57. The normalized spacial score (nSPS) is 13.4. The second-order valence-corrected chi connectivity index (χ2v) is 6.42. The quantitative estimate of drug-likeness (QED) is 0.798. The fourth-order valence-electron chi connectivity index (χ4n) is 1.99. The Balaban J connectivity index is 2.65. The topological polar surface area (TPSA) is 28.2 Å². The minimum atomic E-state index is 0.280.